The number of halogens is 2. The van der Waals surface area contributed by atoms with Crippen LogP contribution in [0.25, 0.3) is 12.2 Å². The van der Waals surface area contributed by atoms with E-state index >= 15 is 0 Å². The van der Waals surface area contributed by atoms with E-state index in [1.165, 1.54) is 24.5 Å². The number of esters is 1. The Labute approximate surface area is 209 Å². The summed E-state index contributed by atoms with van der Waals surface area (Å²) in [7, 11) is 1.29. The Morgan fingerprint density at radius 1 is 1.09 bits per heavy atom. The van der Waals surface area contributed by atoms with Crippen LogP contribution in [-0.4, -0.2) is 17.6 Å². The van der Waals surface area contributed by atoms with Crippen molar-refractivity contribution in [2.45, 2.75) is 25.3 Å². The molecule has 1 aliphatic heterocycles. The summed E-state index contributed by atoms with van der Waals surface area (Å²) in [6.45, 7) is 0. The summed E-state index contributed by atoms with van der Waals surface area (Å²) in [5.41, 5.74) is 4.85. The van der Waals surface area contributed by atoms with Gasteiger partial charge in [-0.25, -0.2) is 9.79 Å². The predicted molar refractivity (Wildman–Crippen MR) is 136 cm³/mol. The summed E-state index contributed by atoms with van der Waals surface area (Å²) < 4.78 is 6.73. The second kappa shape index (κ2) is 9.37. The highest BCUT2D eigenvalue weighted by atomic mass is 35.5. The summed E-state index contributed by atoms with van der Waals surface area (Å²) in [4.78, 5) is 30.8. The van der Waals surface area contributed by atoms with Crippen molar-refractivity contribution in [3.63, 3.8) is 0 Å². The van der Waals surface area contributed by atoms with Crippen LogP contribution in [0.2, 0.25) is 10.0 Å². The van der Waals surface area contributed by atoms with Crippen LogP contribution >= 0.6 is 34.5 Å². The van der Waals surface area contributed by atoms with Crippen molar-refractivity contribution in [3.05, 3.63) is 106 Å². The van der Waals surface area contributed by atoms with Crippen LogP contribution in [0.5, 0.6) is 0 Å². The lowest BCUT2D eigenvalue weighted by molar-refractivity contribution is -0.133. The van der Waals surface area contributed by atoms with Crippen LogP contribution in [-0.2, 0) is 9.53 Å². The molecule has 5 rings (SSSR count). The fourth-order valence-corrected chi connectivity index (χ4v) is 5.64. The molecule has 2 heterocycles. The second-order valence-corrected chi connectivity index (χ2v) is 9.99. The number of allylic oxidation sites excluding steroid dienone is 2. The molecule has 0 N–H and O–H groups in total. The number of hydrogen-bond acceptors (Lipinski definition) is 5. The standard InChI is InChI=1S/C26H20Cl2N2O3S/c1-33-22(31)14-21-25(32)30-24(16-7-11-19(28)12-8-16)20-4-2-3-17(23(20)29-26(30)34-21)13-15-5-9-18(27)10-6-15/h5-14,24H,2-4H2,1H3/b17-13+,21-14-/t24-/m1/s1. The Bertz CT molecular complexity index is 1510. The minimum absolute atomic E-state index is 0.255. The zero-order chi connectivity index (χ0) is 23.8. The summed E-state index contributed by atoms with van der Waals surface area (Å²) in [6, 6.07) is 14.9. The van der Waals surface area contributed by atoms with Gasteiger partial charge in [-0.1, -0.05) is 58.8 Å². The first-order chi connectivity index (χ1) is 16.4. The molecule has 34 heavy (non-hydrogen) atoms. The molecule has 0 unspecified atom stereocenters. The summed E-state index contributed by atoms with van der Waals surface area (Å²) >= 11 is 13.4. The number of rotatable bonds is 3. The van der Waals surface area contributed by atoms with E-state index in [0.717, 1.165) is 47.2 Å². The lowest BCUT2D eigenvalue weighted by Gasteiger charge is -2.31. The monoisotopic (exact) mass is 510 g/mol. The van der Waals surface area contributed by atoms with Crippen LogP contribution < -0.4 is 14.9 Å². The Kier molecular flexibility index (Phi) is 6.30. The minimum Gasteiger partial charge on any atom is -0.466 e. The smallest absolute Gasteiger partial charge is 0.332 e. The van der Waals surface area contributed by atoms with Crippen molar-refractivity contribution in [1.29, 1.82) is 0 Å². The van der Waals surface area contributed by atoms with Gasteiger partial charge in [-0.3, -0.25) is 9.36 Å². The molecule has 0 saturated carbocycles. The molecule has 2 aliphatic rings. The van der Waals surface area contributed by atoms with E-state index in [9.17, 15) is 9.59 Å². The average molecular weight is 511 g/mol. The highest BCUT2D eigenvalue weighted by Crippen LogP contribution is 2.41. The third-order valence-corrected chi connectivity index (χ3v) is 7.47. The number of hydrogen-bond donors (Lipinski definition) is 0. The van der Waals surface area contributed by atoms with E-state index in [4.69, 9.17) is 32.9 Å². The Morgan fingerprint density at radius 2 is 1.76 bits per heavy atom. The van der Waals surface area contributed by atoms with Gasteiger partial charge in [0, 0.05) is 16.1 Å². The largest absolute Gasteiger partial charge is 0.466 e. The van der Waals surface area contributed by atoms with Crippen LogP contribution in [0.1, 0.15) is 36.4 Å². The maximum atomic E-state index is 13.4. The molecule has 1 atom stereocenters. The zero-order valence-electron chi connectivity index (χ0n) is 18.3. The zero-order valence-corrected chi connectivity index (χ0v) is 20.6. The van der Waals surface area contributed by atoms with Gasteiger partial charge in [-0.05, 0) is 71.9 Å². The molecule has 172 valence electrons. The van der Waals surface area contributed by atoms with E-state index < -0.39 is 5.97 Å². The molecule has 5 nitrogen and oxygen atoms in total. The number of aromatic nitrogens is 1. The number of ether oxygens (including phenoxy) is 1. The minimum atomic E-state index is -0.569. The molecule has 0 fully saturated rings. The molecular formula is C26H20Cl2N2O3S. The molecule has 0 saturated heterocycles. The quantitative estimate of drug-likeness (QED) is 0.470. The topological polar surface area (TPSA) is 60.7 Å². The van der Waals surface area contributed by atoms with Crippen molar-refractivity contribution >= 4 is 52.7 Å². The van der Waals surface area contributed by atoms with Gasteiger partial charge in [0.15, 0.2) is 4.80 Å². The maximum absolute atomic E-state index is 13.4. The summed E-state index contributed by atoms with van der Waals surface area (Å²) in [5, 5.41) is 1.32. The Hall–Kier alpha value is -2.93. The molecule has 0 spiro atoms. The van der Waals surface area contributed by atoms with Crippen molar-refractivity contribution in [3.8, 4) is 0 Å². The van der Waals surface area contributed by atoms with E-state index in [1.54, 1.807) is 4.57 Å². The predicted octanol–water partition coefficient (Wildman–Crippen LogP) is 4.91. The highest BCUT2D eigenvalue weighted by molar-refractivity contribution is 7.07. The molecule has 1 aromatic heterocycles. The van der Waals surface area contributed by atoms with Crippen molar-refractivity contribution in [2.75, 3.05) is 7.11 Å². The number of benzene rings is 2. The molecule has 0 radical (unpaired) electrons. The van der Waals surface area contributed by atoms with E-state index in [2.05, 4.69) is 6.08 Å². The van der Waals surface area contributed by atoms with Crippen molar-refractivity contribution in [2.24, 2.45) is 4.99 Å². The third-order valence-electron chi connectivity index (χ3n) is 5.98. The normalized spacial score (nSPS) is 19.0. The van der Waals surface area contributed by atoms with Crippen LogP contribution in [0.15, 0.2) is 75.2 Å². The Balaban J connectivity index is 1.75. The second-order valence-electron chi connectivity index (χ2n) is 8.11. The van der Waals surface area contributed by atoms with Crippen LogP contribution in [0, 0.1) is 0 Å². The molecule has 8 heteroatoms. The molecule has 2 aromatic carbocycles. The van der Waals surface area contributed by atoms with Crippen LogP contribution in [0.3, 0.4) is 0 Å². The molecule has 0 amide bonds. The van der Waals surface area contributed by atoms with E-state index in [1.807, 2.05) is 48.5 Å². The number of thiazole rings is 1. The first-order valence-corrected chi connectivity index (χ1v) is 12.4. The number of fused-ring (bicyclic) bond motifs is 1. The Morgan fingerprint density at radius 3 is 2.44 bits per heavy atom. The molecule has 1 aliphatic carbocycles. The lowest BCUT2D eigenvalue weighted by Crippen LogP contribution is -2.39. The van der Waals surface area contributed by atoms with Gasteiger partial charge in [-0.15, -0.1) is 0 Å². The average Bonchev–Trinajstić information content (AvgIpc) is 3.14. The summed E-state index contributed by atoms with van der Waals surface area (Å²) in [6.07, 6.45) is 6.02. The number of carbonyl (C=O) groups excluding carboxylic acids is 1. The highest BCUT2D eigenvalue weighted by Gasteiger charge is 2.32. The van der Waals surface area contributed by atoms with E-state index in [-0.39, 0.29) is 11.6 Å². The lowest BCUT2D eigenvalue weighted by atomic mass is 9.84. The summed E-state index contributed by atoms with van der Waals surface area (Å²) in [5.74, 6) is -0.569. The first-order valence-electron chi connectivity index (χ1n) is 10.8. The van der Waals surface area contributed by atoms with Gasteiger partial charge in [0.1, 0.15) is 4.53 Å². The van der Waals surface area contributed by atoms with Gasteiger partial charge < -0.3 is 4.74 Å². The molecule has 3 aromatic rings. The van der Waals surface area contributed by atoms with E-state index in [0.29, 0.717) is 19.4 Å². The fraction of sp³-hybridized carbons (Fsp3) is 0.192. The van der Waals surface area contributed by atoms with Gasteiger partial charge in [0.2, 0.25) is 0 Å². The van der Waals surface area contributed by atoms with Crippen molar-refractivity contribution < 1.29 is 9.53 Å². The first kappa shape index (κ1) is 22.8. The molecular weight excluding hydrogens is 491 g/mol. The number of nitrogens with zero attached hydrogens (tertiary/aromatic N) is 2. The van der Waals surface area contributed by atoms with Gasteiger partial charge >= 0.3 is 5.97 Å². The van der Waals surface area contributed by atoms with Gasteiger partial charge in [0.05, 0.1) is 18.8 Å². The van der Waals surface area contributed by atoms with Gasteiger partial charge in [-0.2, -0.15) is 0 Å². The third kappa shape index (κ3) is 4.29. The number of methoxy groups -OCH3 is 1. The SMILES string of the molecule is COC(=O)/C=c1\sc2n(c1=O)[C@H](c1ccc(Cl)cc1)C1=C(N=2)/C(=C/c2ccc(Cl)cc2)CCC1. The van der Waals surface area contributed by atoms with Crippen LogP contribution in [0.4, 0.5) is 0 Å². The maximum Gasteiger partial charge on any atom is 0.332 e. The van der Waals surface area contributed by atoms with Gasteiger partial charge in [0.25, 0.3) is 5.56 Å². The number of carbonyl (C=O) groups is 1. The van der Waals surface area contributed by atoms with Crippen molar-refractivity contribution in [1.82, 2.24) is 4.57 Å². The fourth-order valence-electron chi connectivity index (χ4n) is 4.43. The molecule has 0 bridgehead atoms.